The Morgan fingerprint density at radius 3 is 2.47 bits per heavy atom. The van der Waals surface area contributed by atoms with Crippen molar-refractivity contribution in [2.75, 3.05) is 11.4 Å². The molecule has 1 aliphatic heterocycles. The quantitative estimate of drug-likeness (QED) is 0.355. The van der Waals surface area contributed by atoms with Crippen molar-refractivity contribution < 1.29 is 5.21 Å². The standard InChI is InChI=1S/C13H19N3O/c1-9-7-10(2)16(8-9)12-5-3-11(4-6-12)13(14)15-17/h3-6,9-10,17H,7-8H2,1-2H3,(H2,14,15). The zero-order valence-corrected chi connectivity index (χ0v) is 10.3. The van der Waals surface area contributed by atoms with Gasteiger partial charge in [-0.1, -0.05) is 12.1 Å². The van der Waals surface area contributed by atoms with Crippen LogP contribution in [-0.2, 0) is 0 Å². The molecule has 1 aromatic carbocycles. The molecule has 2 rings (SSSR count). The van der Waals surface area contributed by atoms with Gasteiger partial charge in [0.2, 0.25) is 0 Å². The minimum absolute atomic E-state index is 0.152. The van der Waals surface area contributed by atoms with Crippen molar-refractivity contribution in [1.29, 1.82) is 0 Å². The Hall–Kier alpha value is -1.71. The molecule has 1 fully saturated rings. The zero-order valence-electron chi connectivity index (χ0n) is 10.3. The van der Waals surface area contributed by atoms with Crippen molar-refractivity contribution in [2.24, 2.45) is 16.8 Å². The lowest BCUT2D eigenvalue weighted by atomic mass is 10.1. The first kappa shape index (κ1) is 11.8. The van der Waals surface area contributed by atoms with Gasteiger partial charge in [0.1, 0.15) is 0 Å². The molecule has 0 spiro atoms. The predicted molar refractivity (Wildman–Crippen MR) is 69.5 cm³/mol. The van der Waals surface area contributed by atoms with E-state index in [9.17, 15) is 0 Å². The fourth-order valence-electron chi connectivity index (χ4n) is 2.54. The van der Waals surface area contributed by atoms with Crippen LogP contribution in [0.3, 0.4) is 0 Å². The summed E-state index contributed by atoms with van der Waals surface area (Å²) in [4.78, 5) is 2.40. The van der Waals surface area contributed by atoms with E-state index in [1.54, 1.807) is 0 Å². The zero-order chi connectivity index (χ0) is 12.4. The van der Waals surface area contributed by atoms with Gasteiger partial charge in [-0.3, -0.25) is 0 Å². The topological polar surface area (TPSA) is 61.8 Å². The van der Waals surface area contributed by atoms with Gasteiger partial charge in [-0.25, -0.2) is 0 Å². The highest BCUT2D eigenvalue weighted by Gasteiger charge is 2.25. The second kappa shape index (κ2) is 4.65. The third-order valence-corrected chi connectivity index (χ3v) is 3.39. The molecule has 1 saturated heterocycles. The Morgan fingerprint density at radius 2 is 2.00 bits per heavy atom. The number of nitrogens with zero attached hydrogens (tertiary/aromatic N) is 2. The smallest absolute Gasteiger partial charge is 0.170 e. The first-order valence-electron chi connectivity index (χ1n) is 5.96. The van der Waals surface area contributed by atoms with Crippen LogP contribution in [0.25, 0.3) is 0 Å². The number of anilines is 1. The van der Waals surface area contributed by atoms with Crippen LogP contribution >= 0.6 is 0 Å². The molecular weight excluding hydrogens is 214 g/mol. The normalized spacial score (nSPS) is 25.3. The van der Waals surface area contributed by atoms with E-state index in [0.29, 0.717) is 6.04 Å². The lowest BCUT2D eigenvalue weighted by Crippen LogP contribution is -2.26. The number of hydrogen-bond donors (Lipinski definition) is 2. The predicted octanol–water partition coefficient (Wildman–Crippen LogP) is 2.02. The van der Waals surface area contributed by atoms with Crippen LogP contribution in [0.2, 0.25) is 0 Å². The van der Waals surface area contributed by atoms with Crippen molar-refractivity contribution in [1.82, 2.24) is 0 Å². The van der Waals surface area contributed by atoms with Crippen LogP contribution in [0.1, 0.15) is 25.8 Å². The molecular formula is C13H19N3O. The summed E-state index contributed by atoms with van der Waals surface area (Å²) in [7, 11) is 0. The van der Waals surface area contributed by atoms with E-state index in [4.69, 9.17) is 10.9 Å². The Labute approximate surface area is 102 Å². The van der Waals surface area contributed by atoms with Crippen molar-refractivity contribution in [3.63, 3.8) is 0 Å². The molecule has 4 nitrogen and oxygen atoms in total. The second-order valence-electron chi connectivity index (χ2n) is 4.87. The van der Waals surface area contributed by atoms with Gasteiger partial charge in [-0.05, 0) is 43.5 Å². The minimum Gasteiger partial charge on any atom is -0.409 e. The van der Waals surface area contributed by atoms with Crippen molar-refractivity contribution in [2.45, 2.75) is 26.3 Å². The number of amidine groups is 1. The molecule has 3 N–H and O–H groups in total. The molecule has 0 saturated carbocycles. The van der Waals surface area contributed by atoms with E-state index in [2.05, 4.69) is 23.9 Å². The van der Waals surface area contributed by atoms with Gasteiger partial charge < -0.3 is 15.8 Å². The average Bonchev–Trinajstić information content (AvgIpc) is 2.68. The number of benzene rings is 1. The lowest BCUT2D eigenvalue weighted by Gasteiger charge is -2.24. The highest BCUT2D eigenvalue weighted by molar-refractivity contribution is 5.97. The summed E-state index contributed by atoms with van der Waals surface area (Å²) < 4.78 is 0. The second-order valence-corrected chi connectivity index (χ2v) is 4.87. The van der Waals surface area contributed by atoms with Crippen LogP contribution in [0, 0.1) is 5.92 Å². The average molecular weight is 233 g/mol. The largest absolute Gasteiger partial charge is 0.409 e. The molecule has 0 bridgehead atoms. The van der Waals surface area contributed by atoms with Gasteiger partial charge in [0.25, 0.3) is 0 Å². The maximum absolute atomic E-state index is 8.60. The molecule has 92 valence electrons. The third kappa shape index (κ3) is 2.35. The monoisotopic (exact) mass is 233 g/mol. The van der Waals surface area contributed by atoms with Crippen LogP contribution in [0.5, 0.6) is 0 Å². The van der Waals surface area contributed by atoms with Crippen molar-refractivity contribution >= 4 is 11.5 Å². The van der Waals surface area contributed by atoms with Crippen LogP contribution in [0.15, 0.2) is 29.4 Å². The first-order valence-corrected chi connectivity index (χ1v) is 5.96. The van der Waals surface area contributed by atoms with Gasteiger partial charge in [0.15, 0.2) is 5.84 Å². The molecule has 2 atom stereocenters. The molecule has 0 aliphatic carbocycles. The van der Waals surface area contributed by atoms with Crippen LogP contribution in [0.4, 0.5) is 5.69 Å². The van der Waals surface area contributed by atoms with Gasteiger partial charge in [-0.15, -0.1) is 0 Å². The van der Waals surface area contributed by atoms with Crippen molar-refractivity contribution in [3.8, 4) is 0 Å². The van der Waals surface area contributed by atoms with E-state index in [1.165, 1.54) is 12.1 Å². The summed E-state index contributed by atoms with van der Waals surface area (Å²) in [6.45, 7) is 5.63. The summed E-state index contributed by atoms with van der Waals surface area (Å²) in [6, 6.07) is 8.42. The summed E-state index contributed by atoms with van der Waals surface area (Å²) in [5, 5.41) is 11.6. The molecule has 0 amide bonds. The highest BCUT2D eigenvalue weighted by Crippen LogP contribution is 2.28. The van der Waals surface area contributed by atoms with Gasteiger partial charge in [-0.2, -0.15) is 0 Å². The lowest BCUT2D eigenvalue weighted by molar-refractivity contribution is 0.318. The SMILES string of the molecule is CC1CC(C)N(c2ccc(/C(N)=N/O)cc2)C1. The van der Waals surface area contributed by atoms with Gasteiger partial charge >= 0.3 is 0 Å². The molecule has 4 heteroatoms. The number of hydrogen-bond acceptors (Lipinski definition) is 3. The first-order chi connectivity index (χ1) is 8.11. The fourth-order valence-corrected chi connectivity index (χ4v) is 2.54. The number of oxime groups is 1. The molecule has 0 aromatic heterocycles. The third-order valence-electron chi connectivity index (χ3n) is 3.39. The Kier molecular flexibility index (Phi) is 3.22. The van der Waals surface area contributed by atoms with E-state index in [-0.39, 0.29) is 5.84 Å². The summed E-state index contributed by atoms with van der Waals surface area (Å²) in [5.74, 6) is 0.896. The maximum Gasteiger partial charge on any atom is 0.170 e. The van der Waals surface area contributed by atoms with Crippen LogP contribution in [-0.4, -0.2) is 23.6 Å². The molecule has 1 aromatic rings. The molecule has 1 heterocycles. The molecule has 0 radical (unpaired) electrons. The van der Waals surface area contributed by atoms with E-state index < -0.39 is 0 Å². The Balaban J connectivity index is 2.18. The molecule has 2 unspecified atom stereocenters. The number of rotatable bonds is 2. The Bertz CT molecular complexity index is 413. The molecule has 17 heavy (non-hydrogen) atoms. The van der Waals surface area contributed by atoms with Gasteiger partial charge in [0, 0.05) is 23.8 Å². The van der Waals surface area contributed by atoms with Crippen LogP contribution < -0.4 is 10.6 Å². The highest BCUT2D eigenvalue weighted by atomic mass is 16.4. The van der Waals surface area contributed by atoms with E-state index in [0.717, 1.165) is 18.0 Å². The fraction of sp³-hybridized carbons (Fsp3) is 0.462. The van der Waals surface area contributed by atoms with Gasteiger partial charge in [0.05, 0.1) is 0 Å². The minimum atomic E-state index is 0.152. The maximum atomic E-state index is 8.60. The van der Waals surface area contributed by atoms with E-state index >= 15 is 0 Å². The van der Waals surface area contributed by atoms with Crippen molar-refractivity contribution in [3.05, 3.63) is 29.8 Å². The molecule has 1 aliphatic rings. The Morgan fingerprint density at radius 1 is 1.35 bits per heavy atom. The summed E-state index contributed by atoms with van der Waals surface area (Å²) >= 11 is 0. The summed E-state index contributed by atoms with van der Waals surface area (Å²) in [6.07, 6.45) is 1.24. The van der Waals surface area contributed by atoms with E-state index in [1.807, 2.05) is 24.3 Å². The number of nitrogens with two attached hydrogens (primary N) is 1. The summed E-state index contributed by atoms with van der Waals surface area (Å²) in [5.41, 5.74) is 7.48.